The number of aliphatic imine (C=N–C) groups is 1. The highest BCUT2D eigenvalue weighted by atomic mass is 127. The average molecular weight is 385 g/mol. The zero-order valence-electron chi connectivity index (χ0n) is 12.8. The highest BCUT2D eigenvalue weighted by Gasteiger charge is 2.57. The van der Waals surface area contributed by atoms with E-state index in [0.717, 1.165) is 17.8 Å². The zero-order chi connectivity index (χ0) is 14.4. The Bertz CT molecular complexity index is 418. The number of hydrogen-bond donors (Lipinski definition) is 0. The van der Waals surface area contributed by atoms with E-state index in [2.05, 4.69) is 42.8 Å². The minimum Gasteiger partial charge on any atom is -0.294 e. The summed E-state index contributed by atoms with van der Waals surface area (Å²) in [6.07, 6.45) is 11.9. The summed E-state index contributed by atoms with van der Waals surface area (Å²) >= 11 is 2.80. The van der Waals surface area contributed by atoms with Crippen LogP contribution in [0.3, 0.4) is 0 Å². The van der Waals surface area contributed by atoms with Gasteiger partial charge in [-0.2, -0.15) is 0 Å². The van der Waals surface area contributed by atoms with Gasteiger partial charge in [-0.25, -0.2) is 0 Å². The lowest BCUT2D eigenvalue weighted by molar-refractivity contribution is 0.0151. The van der Waals surface area contributed by atoms with Crippen molar-refractivity contribution in [3.63, 3.8) is 0 Å². The van der Waals surface area contributed by atoms with Crippen LogP contribution in [-0.4, -0.2) is 15.7 Å². The maximum Gasteiger partial charge on any atom is 0.0658 e. The van der Waals surface area contributed by atoms with Gasteiger partial charge in [-0.1, -0.05) is 48.1 Å². The van der Waals surface area contributed by atoms with Crippen LogP contribution >= 0.6 is 22.6 Å². The van der Waals surface area contributed by atoms with E-state index in [-0.39, 0.29) is 5.54 Å². The lowest BCUT2D eigenvalue weighted by Crippen LogP contribution is -2.57. The minimum absolute atomic E-state index is 0.198. The van der Waals surface area contributed by atoms with Gasteiger partial charge in [0, 0.05) is 3.42 Å². The highest BCUT2D eigenvalue weighted by molar-refractivity contribution is 14.1. The van der Waals surface area contributed by atoms with Crippen LogP contribution in [0, 0.1) is 17.8 Å². The number of halogens is 1. The molecule has 0 bridgehead atoms. The zero-order valence-corrected chi connectivity index (χ0v) is 15.0. The number of hydrogen-bond acceptors (Lipinski definition) is 1. The normalized spacial score (nSPS) is 48.9. The number of fused-ring (bicyclic) bond motifs is 3. The molecule has 0 N–H and O–H groups in total. The molecule has 2 heteroatoms. The van der Waals surface area contributed by atoms with Crippen molar-refractivity contribution in [2.24, 2.45) is 22.7 Å². The number of alkyl halides is 1. The van der Waals surface area contributed by atoms with Crippen molar-refractivity contribution in [3.8, 4) is 0 Å². The molecule has 0 spiro atoms. The molecule has 0 aromatic heterocycles. The second-order valence-corrected chi connectivity index (χ2v) is 9.70. The SMILES string of the molecule is C=N[C@]12CC[C@]3(I)CC(=C)CCCC3C1CCC[C@@H]2C. The van der Waals surface area contributed by atoms with E-state index in [1.165, 1.54) is 63.4 Å². The smallest absolute Gasteiger partial charge is 0.0658 e. The Morgan fingerprint density at radius 1 is 1.15 bits per heavy atom. The largest absolute Gasteiger partial charge is 0.294 e. The van der Waals surface area contributed by atoms with Crippen molar-refractivity contribution in [1.29, 1.82) is 0 Å². The van der Waals surface area contributed by atoms with Gasteiger partial charge < -0.3 is 0 Å². The van der Waals surface area contributed by atoms with Gasteiger partial charge in [-0.05, 0) is 75.8 Å². The molecule has 3 aliphatic rings. The van der Waals surface area contributed by atoms with Gasteiger partial charge in [0.1, 0.15) is 0 Å². The molecule has 0 saturated heterocycles. The Morgan fingerprint density at radius 3 is 2.65 bits per heavy atom. The van der Waals surface area contributed by atoms with Crippen molar-refractivity contribution < 1.29 is 0 Å². The summed E-state index contributed by atoms with van der Waals surface area (Å²) < 4.78 is 0.460. The third-order valence-corrected chi connectivity index (χ3v) is 8.34. The molecule has 3 fully saturated rings. The van der Waals surface area contributed by atoms with Crippen LogP contribution in [0.2, 0.25) is 0 Å². The van der Waals surface area contributed by atoms with Gasteiger partial charge in [0.05, 0.1) is 5.54 Å². The average Bonchev–Trinajstić information content (AvgIpc) is 2.57. The van der Waals surface area contributed by atoms with Crippen LogP contribution in [0.4, 0.5) is 0 Å². The molecule has 2 unspecified atom stereocenters. The first-order chi connectivity index (χ1) is 9.52. The monoisotopic (exact) mass is 385 g/mol. The third-order valence-electron chi connectivity index (χ3n) is 6.62. The van der Waals surface area contributed by atoms with Gasteiger partial charge in [0.25, 0.3) is 0 Å². The summed E-state index contributed by atoms with van der Waals surface area (Å²) in [5, 5.41) is 0. The Kier molecular flexibility index (Phi) is 4.07. The fraction of sp³-hybridized carbons (Fsp3) is 0.833. The molecule has 0 aliphatic heterocycles. The summed E-state index contributed by atoms with van der Waals surface area (Å²) in [6, 6.07) is 0. The molecule has 0 amide bonds. The van der Waals surface area contributed by atoms with Crippen LogP contribution in [-0.2, 0) is 0 Å². The first-order valence-electron chi connectivity index (χ1n) is 8.35. The quantitative estimate of drug-likeness (QED) is 0.242. The lowest BCUT2D eigenvalue weighted by Gasteiger charge is -2.57. The van der Waals surface area contributed by atoms with Gasteiger partial charge in [0.15, 0.2) is 0 Å². The van der Waals surface area contributed by atoms with Gasteiger partial charge in [0.2, 0.25) is 0 Å². The van der Waals surface area contributed by atoms with E-state index >= 15 is 0 Å². The Hall–Kier alpha value is 0.140. The lowest BCUT2D eigenvalue weighted by atomic mass is 9.53. The number of nitrogens with zero attached hydrogens (tertiary/aromatic N) is 1. The van der Waals surface area contributed by atoms with Crippen LogP contribution in [0.15, 0.2) is 17.1 Å². The van der Waals surface area contributed by atoms with Crippen LogP contribution in [0.5, 0.6) is 0 Å². The topological polar surface area (TPSA) is 12.4 Å². The fourth-order valence-electron chi connectivity index (χ4n) is 5.55. The Labute approximate surface area is 137 Å². The van der Waals surface area contributed by atoms with Crippen LogP contribution in [0.1, 0.15) is 64.7 Å². The van der Waals surface area contributed by atoms with E-state index in [1.54, 1.807) is 0 Å². The summed E-state index contributed by atoms with van der Waals surface area (Å²) in [5.41, 5.74) is 1.69. The predicted molar refractivity (Wildman–Crippen MR) is 95.9 cm³/mol. The van der Waals surface area contributed by atoms with E-state index in [9.17, 15) is 0 Å². The molecule has 3 rings (SSSR count). The molecule has 0 heterocycles. The Morgan fingerprint density at radius 2 is 1.90 bits per heavy atom. The van der Waals surface area contributed by atoms with Gasteiger partial charge in [-0.3, -0.25) is 4.99 Å². The molecule has 1 nitrogen and oxygen atoms in total. The van der Waals surface area contributed by atoms with Crippen molar-refractivity contribution in [2.45, 2.75) is 73.7 Å². The second-order valence-electron chi connectivity index (χ2n) is 7.55. The summed E-state index contributed by atoms with van der Waals surface area (Å²) in [6.45, 7) is 10.8. The Balaban J connectivity index is 1.97. The van der Waals surface area contributed by atoms with E-state index in [4.69, 9.17) is 4.99 Å². The molecule has 3 saturated carbocycles. The van der Waals surface area contributed by atoms with E-state index in [0.29, 0.717) is 3.42 Å². The first kappa shape index (κ1) is 15.1. The van der Waals surface area contributed by atoms with Crippen molar-refractivity contribution in [1.82, 2.24) is 0 Å². The molecular weight excluding hydrogens is 357 g/mol. The van der Waals surface area contributed by atoms with Crippen molar-refractivity contribution in [3.05, 3.63) is 12.2 Å². The molecule has 0 aromatic carbocycles. The molecule has 0 radical (unpaired) electrons. The minimum atomic E-state index is 0.198. The molecule has 5 atom stereocenters. The number of rotatable bonds is 1. The second kappa shape index (κ2) is 5.40. The summed E-state index contributed by atoms with van der Waals surface area (Å²) in [7, 11) is 0. The molecule has 3 aliphatic carbocycles. The van der Waals surface area contributed by atoms with E-state index < -0.39 is 0 Å². The summed E-state index contributed by atoms with van der Waals surface area (Å²) in [5.74, 6) is 2.34. The molecule has 112 valence electrons. The molecular formula is C18H28IN. The van der Waals surface area contributed by atoms with Crippen molar-refractivity contribution >= 4 is 29.3 Å². The predicted octanol–water partition coefficient (Wildman–Crippen LogP) is 5.58. The van der Waals surface area contributed by atoms with Crippen LogP contribution < -0.4 is 0 Å². The van der Waals surface area contributed by atoms with Crippen molar-refractivity contribution in [2.75, 3.05) is 0 Å². The fourth-order valence-corrected chi connectivity index (χ4v) is 7.11. The van der Waals surface area contributed by atoms with Gasteiger partial charge in [-0.15, -0.1) is 0 Å². The maximum absolute atomic E-state index is 4.78. The van der Waals surface area contributed by atoms with E-state index in [1.807, 2.05) is 0 Å². The molecule has 20 heavy (non-hydrogen) atoms. The molecule has 0 aromatic rings. The highest BCUT2D eigenvalue weighted by Crippen LogP contribution is 2.60. The summed E-state index contributed by atoms with van der Waals surface area (Å²) in [4.78, 5) is 4.78. The maximum atomic E-state index is 4.78. The first-order valence-corrected chi connectivity index (χ1v) is 9.43. The third kappa shape index (κ3) is 2.21. The van der Waals surface area contributed by atoms with Gasteiger partial charge >= 0.3 is 0 Å². The van der Waals surface area contributed by atoms with Crippen LogP contribution in [0.25, 0.3) is 0 Å². The standard InChI is InChI=1S/C18H28IN/c1-13-6-4-8-15-16-9-5-7-14(2)18(16,20-3)11-10-17(15,19)12-13/h14-16H,1,3-12H2,2H3/t14-,15?,16?,17-,18-/m0/s1. The number of allylic oxidation sites excluding steroid dienone is 1.